The van der Waals surface area contributed by atoms with Gasteiger partial charge in [-0.15, -0.1) is 0 Å². The molecule has 0 saturated heterocycles. The number of rotatable bonds is 8. The van der Waals surface area contributed by atoms with E-state index in [9.17, 15) is 9.59 Å². The van der Waals surface area contributed by atoms with Crippen LogP contribution in [0.15, 0.2) is 54.6 Å². The molecular formula is C24H26ClF2NO4. The van der Waals surface area contributed by atoms with Crippen LogP contribution in [0.3, 0.4) is 0 Å². The van der Waals surface area contributed by atoms with Gasteiger partial charge in [-0.2, -0.15) is 8.78 Å². The Morgan fingerprint density at radius 2 is 1.81 bits per heavy atom. The van der Waals surface area contributed by atoms with Crippen molar-refractivity contribution in [3.63, 3.8) is 0 Å². The van der Waals surface area contributed by atoms with Crippen LogP contribution in [0.4, 0.5) is 13.6 Å². The number of methoxy groups -OCH3 is 1. The highest BCUT2D eigenvalue weighted by Gasteiger charge is 2.46. The number of amides is 1. The number of hydrogen-bond acceptors (Lipinski definition) is 4. The highest BCUT2D eigenvalue weighted by Crippen LogP contribution is 2.43. The molecule has 3 rings (SSSR count). The molecule has 1 fully saturated rings. The summed E-state index contributed by atoms with van der Waals surface area (Å²) >= 11 is 5.90. The Kier molecular flexibility index (Phi) is 8.07. The van der Waals surface area contributed by atoms with Gasteiger partial charge in [0.05, 0.1) is 7.11 Å². The van der Waals surface area contributed by atoms with Crippen LogP contribution in [0.1, 0.15) is 49.3 Å². The molecule has 0 aliphatic heterocycles. The van der Waals surface area contributed by atoms with Gasteiger partial charge in [-0.3, -0.25) is 0 Å². The maximum atomic E-state index is 15.5. The molecule has 0 heterocycles. The van der Waals surface area contributed by atoms with Crippen molar-refractivity contribution in [1.29, 1.82) is 0 Å². The summed E-state index contributed by atoms with van der Waals surface area (Å²) in [6.07, 6.45) is 1.35. The van der Waals surface area contributed by atoms with Crippen molar-refractivity contribution >= 4 is 23.7 Å². The summed E-state index contributed by atoms with van der Waals surface area (Å²) in [4.78, 5) is 24.9. The molecule has 172 valence electrons. The number of halogens is 3. The Labute approximate surface area is 191 Å². The van der Waals surface area contributed by atoms with E-state index < -0.39 is 30.1 Å². The normalized spacial score (nSPS) is 16.2. The van der Waals surface area contributed by atoms with Crippen molar-refractivity contribution in [3.8, 4) is 0 Å². The molecule has 1 N–H and O–H groups in total. The number of carbonyl (C=O) groups is 2. The zero-order valence-corrected chi connectivity index (χ0v) is 18.5. The molecule has 0 aromatic heterocycles. The third kappa shape index (κ3) is 5.97. The van der Waals surface area contributed by atoms with E-state index >= 15 is 8.78 Å². The second-order valence-corrected chi connectivity index (χ2v) is 8.37. The van der Waals surface area contributed by atoms with Crippen molar-refractivity contribution in [2.45, 2.75) is 50.2 Å². The SMILES string of the molecule is COC(=O)[C@H](CC1CCCC1)NC(=O)OC(c1ccccc1)C(F)(F)c1cccc(Cl)c1. The molecule has 2 atom stereocenters. The molecule has 1 unspecified atom stereocenters. The van der Waals surface area contributed by atoms with E-state index in [1.54, 1.807) is 18.2 Å². The number of ether oxygens (including phenoxy) is 2. The van der Waals surface area contributed by atoms with Crippen molar-refractivity contribution in [2.24, 2.45) is 5.92 Å². The second kappa shape index (κ2) is 10.8. The number of benzene rings is 2. The van der Waals surface area contributed by atoms with Crippen LogP contribution in [0.25, 0.3) is 0 Å². The molecule has 2 aromatic carbocycles. The number of carbonyl (C=O) groups excluding carboxylic acids is 2. The number of esters is 1. The molecule has 1 saturated carbocycles. The van der Waals surface area contributed by atoms with Gasteiger partial charge in [-0.05, 0) is 30.0 Å². The van der Waals surface area contributed by atoms with Gasteiger partial charge in [-0.1, -0.05) is 79.7 Å². The van der Waals surface area contributed by atoms with Gasteiger partial charge in [0, 0.05) is 10.6 Å². The molecule has 1 amide bonds. The number of nitrogens with one attached hydrogen (secondary N) is 1. The minimum absolute atomic E-state index is 0.109. The fourth-order valence-corrected chi connectivity index (χ4v) is 4.24. The lowest BCUT2D eigenvalue weighted by molar-refractivity contribution is -0.144. The lowest BCUT2D eigenvalue weighted by Crippen LogP contribution is -2.44. The number of hydrogen-bond donors (Lipinski definition) is 1. The first-order valence-corrected chi connectivity index (χ1v) is 10.9. The third-order valence-electron chi connectivity index (χ3n) is 5.69. The van der Waals surface area contributed by atoms with Crippen LogP contribution in [0.5, 0.6) is 0 Å². The largest absolute Gasteiger partial charge is 0.467 e. The summed E-state index contributed by atoms with van der Waals surface area (Å²) in [5.74, 6) is -3.94. The molecule has 0 radical (unpaired) electrons. The zero-order chi connectivity index (χ0) is 23.1. The van der Waals surface area contributed by atoms with Gasteiger partial charge in [-0.25, -0.2) is 9.59 Å². The van der Waals surface area contributed by atoms with Crippen LogP contribution in [-0.4, -0.2) is 25.2 Å². The van der Waals surface area contributed by atoms with E-state index in [1.165, 1.54) is 37.4 Å². The van der Waals surface area contributed by atoms with E-state index in [0.29, 0.717) is 6.42 Å². The van der Waals surface area contributed by atoms with Crippen molar-refractivity contribution in [1.82, 2.24) is 5.32 Å². The molecule has 1 aliphatic rings. The van der Waals surface area contributed by atoms with Crippen molar-refractivity contribution in [2.75, 3.05) is 7.11 Å². The van der Waals surface area contributed by atoms with Gasteiger partial charge in [0.25, 0.3) is 0 Å². The molecule has 8 heteroatoms. The summed E-state index contributed by atoms with van der Waals surface area (Å²) in [5, 5.41) is 2.57. The molecule has 0 spiro atoms. The Balaban J connectivity index is 1.82. The zero-order valence-electron chi connectivity index (χ0n) is 17.7. The van der Waals surface area contributed by atoms with Crippen molar-refractivity contribution < 1.29 is 27.8 Å². The summed E-state index contributed by atoms with van der Waals surface area (Å²) in [5.41, 5.74) is -0.278. The minimum atomic E-state index is -3.57. The van der Waals surface area contributed by atoms with Crippen LogP contribution in [-0.2, 0) is 20.2 Å². The fourth-order valence-electron chi connectivity index (χ4n) is 4.05. The van der Waals surface area contributed by atoms with E-state index in [-0.39, 0.29) is 22.1 Å². The van der Waals surface area contributed by atoms with E-state index in [0.717, 1.165) is 31.7 Å². The van der Waals surface area contributed by atoms with Crippen LogP contribution >= 0.6 is 11.6 Å². The summed E-state index contributed by atoms with van der Waals surface area (Å²) < 4.78 is 41.0. The number of alkyl halides is 2. The Morgan fingerprint density at radius 3 is 2.44 bits per heavy atom. The molecule has 32 heavy (non-hydrogen) atoms. The maximum Gasteiger partial charge on any atom is 0.408 e. The summed E-state index contributed by atoms with van der Waals surface area (Å²) in [6, 6.07) is 12.0. The highest BCUT2D eigenvalue weighted by molar-refractivity contribution is 6.30. The van der Waals surface area contributed by atoms with Crippen LogP contribution < -0.4 is 5.32 Å². The van der Waals surface area contributed by atoms with Gasteiger partial charge in [0.2, 0.25) is 0 Å². The minimum Gasteiger partial charge on any atom is -0.467 e. The monoisotopic (exact) mass is 465 g/mol. The molecule has 1 aliphatic carbocycles. The lowest BCUT2D eigenvalue weighted by Gasteiger charge is -2.28. The first kappa shape index (κ1) is 24.0. The fraction of sp³-hybridized carbons (Fsp3) is 0.417. The first-order valence-electron chi connectivity index (χ1n) is 10.5. The summed E-state index contributed by atoms with van der Waals surface area (Å²) in [7, 11) is 1.22. The topological polar surface area (TPSA) is 64.6 Å². The molecule has 5 nitrogen and oxygen atoms in total. The maximum absolute atomic E-state index is 15.5. The van der Waals surface area contributed by atoms with E-state index in [2.05, 4.69) is 5.32 Å². The predicted octanol–water partition coefficient (Wildman–Crippen LogP) is 6.02. The van der Waals surface area contributed by atoms with Gasteiger partial charge in [0.15, 0.2) is 6.10 Å². The van der Waals surface area contributed by atoms with Crippen LogP contribution in [0.2, 0.25) is 5.02 Å². The van der Waals surface area contributed by atoms with E-state index in [1.807, 2.05) is 0 Å². The summed E-state index contributed by atoms with van der Waals surface area (Å²) in [6.45, 7) is 0. The lowest BCUT2D eigenvalue weighted by atomic mass is 9.97. The third-order valence-corrected chi connectivity index (χ3v) is 5.92. The highest BCUT2D eigenvalue weighted by atomic mass is 35.5. The molecule has 2 aromatic rings. The molecule has 0 bridgehead atoms. The smallest absolute Gasteiger partial charge is 0.408 e. The molecular weight excluding hydrogens is 440 g/mol. The van der Waals surface area contributed by atoms with Gasteiger partial charge in [0.1, 0.15) is 6.04 Å². The Bertz CT molecular complexity index is 919. The predicted molar refractivity (Wildman–Crippen MR) is 117 cm³/mol. The standard InChI is InChI=1S/C24H26ClF2NO4/c1-31-22(29)20(14-16-8-5-6-9-16)28-23(30)32-21(17-10-3-2-4-11-17)24(26,27)18-12-7-13-19(25)15-18/h2-4,7,10-13,15-16,20-21H,5-6,8-9,14H2,1H3,(H,28,30)/t20-,21?/m0/s1. The van der Waals surface area contributed by atoms with Crippen LogP contribution in [0, 0.1) is 5.92 Å². The average molecular weight is 466 g/mol. The van der Waals surface area contributed by atoms with Crippen molar-refractivity contribution in [3.05, 3.63) is 70.7 Å². The van der Waals surface area contributed by atoms with Gasteiger partial charge < -0.3 is 14.8 Å². The Morgan fingerprint density at radius 1 is 1.12 bits per heavy atom. The Hall–Kier alpha value is -2.67. The second-order valence-electron chi connectivity index (χ2n) is 7.94. The average Bonchev–Trinajstić information content (AvgIpc) is 3.30. The quantitative estimate of drug-likeness (QED) is 0.484. The first-order chi connectivity index (χ1) is 15.3. The van der Waals surface area contributed by atoms with Gasteiger partial charge >= 0.3 is 18.0 Å². The number of alkyl carbamates (subject to hydrolysis) is 1. The van der Waals surface area contributed by atoms with E-state index in [4.69, 9.17) is 21.1 Å².